The maximum absolute atomic E-state index is 7.66. The number of nitrogens with zero attached hydrogens (tertiary/aromatic N) is 3. The van der Waals surface area contributed by atoms with Crippen LogP contribution in [0.5, 0.6) is 0 Å². The summed E-state index contributed by atoms with van der Waals surface area (Å²) in [7, 11) is 0. The van der Waals surface area contributed by atoms with Gasteiger partial charge in [0.1, 0.15) is 0 Å². The topological polar surface area (TPSA) is 48.8 Å². The van der Waals surface area contributed by atoms with Crippen molar-refractivity contribution in [2.75, 3.05) is 6.54 Å². The van der Waals surface area contributed by atoms with Crippen molar-refractivity contribution >= 4 is 0 Å². The maximum Gasteiger partial charge on any atom is 1.00 e. The zero-order valence-corrected chi connectivity index (χ0v) is 7.88. The molecule has 0 aliphatic heterocycles. The van der Waals surface area contributed by atoms with Crippen LogP contribution in [0.2, 0.25) is 0 Å². The largest absolute Gasteiger partial charge is 1.00 e. The van der Waals surface area contributed by atoms with E-state index in [4.69, 9.17) is 5.53 Å². The summed E-state index contributed by atoms with van der Waals surface area (Å²) in [5.41, 5.74) is 7.66. The molecule has 0 aliphatic rings. The predicted octanol–water partition coefficient (Wildman–Crippen LogP) is -1.18. The first-order valence-electron chi connectivity index (χ1n) is 1.92. The molecule has 0 saturated heterocycles. The van der Waals surface area contributed by atoms with Crippen LogP contribution >= 0.6 is 0 Å². The molecule has 36 valence electrons. The molecule has 0 fully saturated rings. The smallest absolute Gasteiger partial charge is 1.00 e. The number of hydrogen-bond acceptors (Lipinski definition) is 1. The van der Waals surface area contributed by atoms with E-state index in [0.29, 0.717) is 6.54 Å². The molecule has 0 bridgehead atoms. The molecule has 0 unspecified atom stereocenters. The maximum atomic E-state index is 7.66. The molecule has 4 heteroatoms. The average Bonchev–Trinajstić information content (AvgIpc) is 1.61. The van der Waals surface area contributed by atoms with Gasteiger partial charge in [-0.2, -0.15) is 0 Å². The zero-order chi connectivity index (χ0) is 4.83. The van der Waals surface area contributed by atoms with E-state index in [0.717, 1.165) is 6.42 Å². The third-order valence-corrected chi connectivity index (χ3v) is 0.387. The first-order chi connectivity index (χ1) is 2.91. The summed E-state index contributed by atoms with van der Waals surface area (Å²) in [6.07, 6.45) is 0.935. The van der Waals surface area contributed by atoms with E-state index in [1.54, 1.807) is 0 Å². The minimum Gasteiger partial charge on any atom is -1.00 e. The van der Waals surface area contributed by atoms with E-state index >= 15 is 0 Å². The molecular weight excluding hydrogens is 117 g/mol. The Morgan fingerprint density at radius 3 is 2.57 bits per heavy atom. The Morgan fingerprint density at radius 1 is 1.86 bits per heavy atom. The minimum absolute atomic E-state index is 0. The van der Waals surface area contributed by atoms with Crippen LogP contribution in [0.15, 0.2) is 5.11 Å². The van der Waals surface area contributed by atoms with Crippen molar-refractivity contribution in [2.45, 2.75) is 13.3 Å². The van der Waals surface area contributed by atoms with Gasteiger partial charge >= 0.3 is 51.4 Å². The van der Waals surface area contributed by atoms with Gasteiger partial charge in [0.2, 0.25) is 0 Å². The Labute approximate surface area is 87.0 Å². The molecule has 0 amide bonds. The van der Waals surface area contributed by atoms with E-state index in [1.165, 1.54) is 0 Å². The quantitative estimate of drug-likeness (QED) is 0.193. The van der Waals surface area contributed by atoms with Crippen molar-refractivity contribution in [3.05, 3.63) is 10.4 Å². The Morgan fingerprint density at radius 2 is 2.43 bits per heavy atom. The molecule has 0 aromatic carbocycles. The molecule has 3 nitrogen and oxygen atoms in total. The molecular formula is C3H8KN3. The molecule has 0 aliphatic carbocycles. The van der Waals surface area contributed by atoms with E-state index in [2.05, 4.69) is 10.0 Å². The fourth-order valence-corrected chi connectivity index (χ4v) is 0.145. The van der Waals surface area contributed by atoms with Gasteiger partial charge in [-0.1, -0.05) is 18.5 Å². The molecule has 0 radical (unpaired) electrons. The normalized spacial score (nSPS) is 5.86. The van der Waals surface area contributed by atoms with Crippen molar-refractivity contribution in [2.24, 2.45) is 5.11 Å². The van der Waals surface area contributed by atoms with Crippen LogP contribution in [0.1, 0.15) is 14.8 Å². The standard InChI is InChI=1S/C3H7N3.K.H/c1-2-3-5-6-4;;/h2-3H2,1H3;;/q;+1;-1. The summed E-state index contributed by atoms with van der Waals surface area (Å²) in [6.45, 7) is 2.59. The molecule has 0 aromatic rings. The Bertz CT molecular complexity index is 70.9. The first kappa shape index (κ1) is 10.8. The van der Waals surface area contributed by atoms with E-state index < -0.39 is 0 Å². The van der Waals surface area contributed by atoms with Gasteiger partial charge in [0.15, 0.2) is 0 Å². The van der Waals surface area contributed by atoms with Crippen molar-refractivity contribution in [3.63, 3.8) is 0 Å². The zero-order valence-electron chi connectivity index (χ0n) is 5.76. The van der Waals surface area contributed by atoms with Gasteiger partial charge in [0.05, 0.1) is 0 Å². The first-order valence-corrected chi connectivity index (χ1v) is 1.92. The molecule has 0 rings (SSSR count). The number of azide groups is 1. The van der Waals surface area contributed by atoms with Crippen LogP contribution in [0, 0.1) is 0 Å². The third-order valence-electron chi connectivity index (χ3n) is 0.387. The second-order valence-electron chi connectivity index (χ2n) is 0.954. The van der Waals surface area contributed by atoms with Crippen molar-refractivity contribution in [1.82, 2.24) is 0 Å². The summed E-state index contributed by atoms with van der Waals surface area (Å²) in [4.78, 5) is 2.55. The second kappa shape index (κ2) is 10.0. The van der Waals surface area contributed by atoms with Gasteiger partial charge in [0, 0.05) is 11.5 Å². The van der Waals surface area contributed by atoms with Crippen LogP contribution in [0.25, 0.3) is 10.4 Å². The molecule has 0 aromatic heterocycles. The van der Waals surface area contributed by atoms with Crippen LogP contribution < -0.4 is 51.4 Å². The summed E-state index contributed by atoms with van der Waals surface area (Å²) < 4.78 is 0. The second-order valence-corrected chi connectivity index (χ2v) is 0.954. The number of hydrogen-bond donors (Lipinski definition) is 0. The van der Waals surface area contributed by atoms with Crippen LogP contribution in [0.3, 0.4) is 0 Å². The van der Waals surface area contributed by atoms with Gasteiger partial charge in [0.25, 0.3) is 0 Å². The molecule has 0 N–H and O–H groups in total. The van der Waals surface area contributed by atoms with E-state index in [9.17, 15) is 0 Å². The van der Waals surface area contributed by atoms with Gasteiger partial charge in [-0.05, 0) is 5.53 Å². The Balaban J connectivity index is -0.000000125. The minimum atomic E-state index is 0. The van der Waals surface area contributed by atoms with Crippen molar-refractivity contribution in [3.8, 4) is 0 Å². The summed E-state index contributed by atoms with van der Waals surface area (Å²) in [5.74, 6) is 0. The molecule has 0 spiro atoms. The molecule has 0 heterocycles. The summed E-state index contributed by atoms with van der Waals surface area (Å²) >= 11 is 0. The van der Waals surface area contributed by atoms with E-state index in [-0.39, 0.29) is 52.8 Å². The monoisotopic (exact) mass is 125 g/mol. The molecule has 7 heavy (non-hydrogen) atoms. The average molecular weight is 125 g/mol. The van der Waals surface area contributed by atoms with Gasteiger partial charge in [-0.25, -0.2) is 0 Å². The Kier molecular flexibility index (Phi) is 15.6. The van der Waals surface area contributed by atoms with Crippen LogP contribution in [-0.4, -0.2) is 6.54 Å². The third kappa shape index (κ3) is 10.9. The fourth-order valence-electron chi connectivity index (χ4n) is 0.145. The number of rotatable bonds is 2. The SMILES string of the molecule is CCCN=[N+]=[N-].[H-].[K+]. The van der Waals surface area contributed by atoms with Crippen LogP contribution in [-0.2, 0) is 0 Å². The van der Waals surface area contributed by atoms with E-state index in [1.807, 2.05) is 6.92 Å². The fraction of sp³-hybridized carbons (Fsp3) is 1.00. The summed E-state index contributed by atoms with van der Waals surface area (Å²) in [6, 6.07) is 0. The van der Waals surface area contributed by atoms with Crippen molar-refractivity contribution < 1.29 is 52.8 Å². The Hall–Kier alpha value is 0.946. The summed E-state index contributed by atoms with van der Waals surface area (Å²) in [5, 5.41) is 3.27. The van der Waals surface area contributed by atoms with Gasteiger partial charge < -0.3 is 1.43 Å². The molecule has 0 saturated carbocycles. The van der Waals surface area contributed by atoms with Gasteiger partial charge in [-0.3, -0.25) is 0 Å². The molecule has 0 atom stereocenters. The van der Waals surface area contributed by atoms with Crippen molar-refractivity contribution in [1.29, 1.82) is 0 Å². The van der Waals surface area contributed by atoms with Gasteiger partial charge in [-0.15, -0.1) is 0 Å². The predicted molar refractivity (Wildman–Crippen MR) is 25.4 cm³/mol. The van der Waals surface area contributed by atoms with Crippen LogP contribution in [0.4, 0.5) is 0 Å².